The Bertz CT molecular complexity index is 766. The molecule has 2 aromatic heterocycles. The lowest BCUT2D eigenvalue weighted by molar-refractivity contribution is 0.778. The van der Waals surface area contributed by atoms with E-state index in [2.05, 4.69) is 45.5 Å². The van der Waals surface area contributed by atoms with Gasteiger partial charge in [-0.05, 0) is 18.2 Å². The third-order valence-corrected chi connectivity index (χ3v) is 3.91. The van der Waals surface area contributed by atoms with E-state index in [0.29, 0.717) is 0 Å². The van der Waals surface area contributed by atoms with Gasteiger partial charge in [0.25, 0.3) is 0 Å². The Morgan fingerprint density at radius 3 is 2.67 bits per heavy atom. The summed E-state index contributed by atoms with van der Waals surface area (Å²) in [6.07, 6.45) is 0. The second kappa shape index (κ2) is 5.65. The van der Waals surface area contributed by atoms with E-state index in [1.54, 1.807) is 11.3 Å². The highest BCUT2D eigenvalue weighted by Gasteiger charge is 2.08. The molecule has 2 heterocycles. The maximum absolute atomic E-state index is 4.57. The fraction of sp³-hybridized carbons (Fsp3) is 0.267. The average molecular weight is 299 g/mol. The van der Waals surface area contributed by atoms with Gasteiger partial charge in [-0.2, -0.15) is 0 Å². The smallest absolute Gasteiger partial charge is 0.136 e. The van der Waals surface area contributed by atoms with Gasteiger partial charge in [-0.25, -0.2) is 15.0 Å². The molecule has 0 unspecified atom stereocenters. The van der Waals surface area contributed by atoms with Gasteiger partial charge < -0.3 is 10.6 Å². The summed E-state index contributed by atoms with van der Waals surface area (Å²) in [7, 11) is 1.86. The summed E-state index contributed by atoms with van der Waals surface area (Å²) < 4.78 is 1.16. The summed E-state index contributed by atoms with van der Waals surface area (Å²) in [6.45, 7) is 4.17. The molecule has 108 valence electrons. The zero-order chi connectivity index (χ0) is 14.8. The number of hydrogen-bond acceptors (Lipinski definition) is 6. The first-order valence-corrected chi connectivity index (χ1v) is 7.70. The van der Waals surface area contributed by atoms with Crippen LogP contribution in [0.2, 0.25) is 0 Å². The molecule has 0 aliphatic heterocycles. The summed E-state index contributed by atoms with van der Waals surface area (Å²) in [4.78, 5) is 13.3. The normalized spacial score (nSPS) is 11.0. The van der Waals surface area contributed by atoms with E-state index in [4.69, 9.17) is 0 Å². The van der Waals surface area contributed by atoms with Gasteiger partial charge in [-0.15, -0.1) is 11.3 Å². The van der Waals surface area contributed by atoms with Gasteiger partial charge in [-0.1, -0.05) is 13.8 Å². The lowest BCUT2D eigenvalue weighted by atomic mass is 10.2. The average Bonchev–Trinajstić information content (AvgIpc) is 2.94. The quantitative estimate of drug-likeness (QED) is 0.762. The number of benzene rings is 1. The number of hydrogen-bond donors (Lipinski definition) is 2. The molecule has 6 heteroatoms. The summed E-state index contributed by atoms with van der Waals surface area (Å²) in [6, 6.07) is 8.02. The number of nitrogens with one attached hydrogen (secondary N) is 2. The number of fused-ring (bicyclic) bond motifs is 1. The Labute approximate surface area is 127 Å². The third kappa shape index (κ3) is 2.95. The second-order valence-electron chi connectivity index (χ2n) is 5.06. The van der Waals surface area contributed by atoms with Crippen molar-refractivity contribution in [3.05, 3.63) is 35.6 Å². The Morgan fingerprint density at radius 1 is 1.10 bits per heavy atom. The molecule has 21 heavy (non-hydrogen) atoms. The van der Waals surface area contributed by atoms with Crippen molar-refractivity contribution < 1.29 is 0 Å². The molecule has 0 amide bonds. The zero-order valence-electron chi connectivity index (χ0n) is 12.2. The van der Waals surface area contributed by atoms with Crippen molar-refractivity contribution in [1.29, 1.82) is 0 Å². The molecule has 0 spiro atoms. The van der Waals surface area contributed by atoms with Crippen LogP contribution >= 0.6 is 11.3 Å². The van der Waals surface area contributed by atoms with Crippen LogP contribution in [0.5, 0.6) is 0 Å². The van der Waals surface area contributed by atoms with E-state index in [9.17, 15) is 0 Å². The van der Waals surface area contributed by atoms with Crippen LogP contribution in [0.1, 0.15) is 25.6 Å². The van der Waals surface area contributed by atoms with E-state index >= 15 is 0 Å². The van der Waals surface area contributed by atoms with Crippen LogP contribution in [0.25, 0.3) is 10.2 Å². The molecule has 0 saturated carbocycles. The molecule has 0 aliphatic carbocycles. The highest BCUT2D eigenvalue weighted by Crippen LogP contribution is 2.25. The predicted molar refractivity (Wildman–Crippen MR) is 88.6 cm³/mol. The maximum atomic E-state index is 4.57. The third-order valence-electron chi connectivity index (χ3n) is 3.12. The van der Waals surface area contributed by atoms with Crippen molar-refractivity contribution in [1.82, 2.24) is 15.0 Å². The van der Waals surface area contributed by atoms with Crippen LogP contribution in [0.15, 0.2) is 29.8 Å². The van der Waals surface area contributed by atoms with Crippen LogP contribution < -0.4 is 10.6 Å². The molecule has 3 rings (SSSR count). The number of anilines is 3. The molecule has 0 bridgehead atoms. The molecular formula is C15H17N5S. The molecule has 2 N–H and O–H groups in total. The van der Waals surface area contributed by atoms with E-state index in [1.807, 2.05) is 30.8 Å². The number of rotatable bonds is 4. The minimum Gasteiger partial charge on any atom is -0.373 e. The summed E-state index contributed by atoms with van der Waals surface area (Å²) in [5.41, 5.74) is 3.88. The summed E-state index contributed by atoms with van der Waals surface area (Å²) >= 11 is 1.63. The first kappa shape index (κ1) is 13.8. The van der Waals surface area contributed by atoms with Gasteiger partial charge in [0, 0.05) is 24.7 Å². The van der Waals surface area contributed by atoms with Crippen LogP contribution in [0, 0.1) is 0 Å². The van der Waals surface area contributed by atoms with Gasteiger partial charge in [0.05, 0.1) is 15.7 Å². The molecule has 0 fully saturated rings. The van der Waals surface area contributed by atoms with E-state index in [-0.39, 0.29) is 5.92 Å². The van der Waals surface area contributed by atoms with E-state index in [0.717, 1.165) is 33.4 Å². The maximum Gasteiger partial charge on any atom is 0.136 e. The van der Waals surface area contributed by atoms with Crippen molar-refractivity contribution in [2.45, 2.75) is 19.8 Å². The molecular weight excluding hydrogens is 282 g/mol. The van der Waals surface area contributed by atoms with Crippen LogP contribution in [0.4, 0.5) is 17.3 Å². The van der Waals surface area contributed by atoms with Gasteiger partial charge in [0.2, 0.25) is 0 Å². The SMILES string of the molecule is CNc1cc(Nc2ccc3ncsc3c2)nc(C(C)C)n1. The Kier molecular flexibility index (Phi) is 3.70. The van der Waals surface area contributed by atoms with Gasteiger partial charge in [0.1, 0.15) is 17.5 Å². The highest BCUT2D eigenvalue weighted by molar-refractivity contribution is 7.16. The molecule has 0 atom stereocenters. The topological polar surface area (TPSA) is 62.7 Å². The Hall–Kier alpha value is -2.21. The van der Waals surface area contributed by atoms with Gasteiger partial charge in [-0.3, -0.25) is 0 Å². The molecule has 5 nitrogen and oxygen atoms in total. The van der Waals surface area contributed by atoms with Crippen molar-refractivity contribution >= 4 is 38.9 Å². The van der Waals surface area contributed by atoms with E-state index in [1.165, 1.54) is 0 Å². The first-order valence-electron chi connectivity index (χ1n) is 6.82. The molecule has 3 aromatic rings. The first-order chi connectivity index (χ1) is 10.2. The van der Waals surface area contributed by atoms with Crippen molar-refractivity contribution in [3.63, 3.8) is 0 Å². The van der Waals surface area contributed by atoms with Crippen LogP contribution in [-0.2, 0) is 0 Å². The summed E-state index contributed by atoms with van der Waals surface area (Å²) in [5, 5.41) is 6.42. The molecule has 0 saturated heterocycles. The van der Waals surface area contributed by atoms with Gasteiger partial charge in [0.15, 0.2) is 0 Å². The van der Waals surface area contributed by atoms with Gasteiger partial charge >= 0.3 is 0 Å². The monoisotopic (exact) mass is 299 g/mol. The zero-order valence-corrected chi connectivity index (χ0v) is 13.0. The Balaban J connectivity index is 1.94. The number of nitrogens with zero attached hydrogens (tertiary/aromatic N) is 3. The predicted octanol–water partition coefficient (Wildman–Crippen LogP) is 4.00. The number of thiazole rings is 1. The minimum atomic E-state index is 0.280. The minimum absolute atomic E-state index is 0.280. The lowest BCUT2D eigenvalue weighted by Gasteiger charge is -2.11. The lowest BCUT2D eigenvalue weighted by Crippen LogP contribution is -2.05. The molecule has 1 aromatic carbocycles. The van der Waals surface area contributed by atoms with Crippen molar-refractivity contribution in [2.75, 3.05) is 17.7 Å². The second-order valence-corrected chi connectivity index (χ2v) is 5.95. The van der Waals surface area contributed by atoms with Crippen molar-refractivity contribution in [2.24, 2.45) is 0 Å². The standard InChI is InChI=1S/C15H17N5S/c1-9(2)15-19-13(16-3)7-14(20-15)18-10-4-5-11-12(6-10)21-8-17-11/h4-9H,1-3H3,(H2,16,18,19,20). The number of aromatic nitrogens is 3. The fourth-order valence-corrected chi connectivity index (χ4v) is 2.71. The summed E-state index contributed by atoms with van der Waals surface area (Å²) in [5.74, 6) is 2.71. The van der Waals surface area contributed by atoms with E-state index < -0.39 is 0 Å². The largest absolute Gasteiger partial charge is 0.373 e. The Morgan fingerprint density at radius 2 is 1.90 bits per heavy atom. The van der Waals surface area contributed by atoms with Crippen molar-refractivity contribution in [3.8, 4) is 0 Å². The molecule has 0 aliphatic rings. The molecule has 0 radical (unpaired) electrons. The fourth-order valence-electron chi connectivity index (χ4n) is 2.00. The highest BCUT2D eigenvalue weighted by atomic mass is 32.1. The van der Waals surface area contributed by atoms with Crippen LogP contribution in [-0.4, -0.2) is 22.0 Å². The van der Waals surface area contributed by atoms with Crippen LogP contribution in [0.3, 0.4) is 0 Å².